The number of carbonyl (C=O) groups excluding carboxylic acids is 1. The molecule has 0 atom stereocenters. The van der Waals surface area contributed by atoms with E-state index in [-0.39, 0.29) is 23.9 Å². The molecule has 106 valence electrons. The molecule has 20 heavy (non-hydrogen) atoms. The maximum absolute atomic E-state index is 12.4. The van der Waals surface area contributed by atoms with E-state index in [0.29, 0.717) is 0 Å². The molecule has 3 rings (SSSR count). The van der Waals surface area contributed by atoms with Gasteiger partial charge in [0.25, 0.3) is 0 Å². The SMILES string of the molecule is Cn1c(=O)n(CC(=O)C2CCCCC2)c2ccccc21. The van der Waals surface area contributed by atoms with Crippen molar-refractivity contribution in [3.63, 3.8) is 0 Å². The van der Waals surface area contributed by atoms with Crippen LogP contribution < -0.4 is 5.69 Å². The maximum Gasteiger partial charge on any atom is 0.329 e. The second kappa shape index (κ2) is 5.27. The molecule has 1 aliphatic carbocycles. The molecule has 1 fully saturated rings. The number of para-hydroxylation sites is 2. The Kier molecular flexibility index (Phi) is 3.47. The van der Waals surface area contributed by atoms with E-state index in [9.17, 15) is 9.59 Å². The molecule has 2 aromatic rings. The van der Waals surface area contributed by atoms with Gasteiger partial charge in [-0.25, -0.2) is 4.79 Å². The van der Waals surface area contributed by atoms with E-state index in [0.717, 1.165) is 36.7 Å². The molecule has 0 unspecified atom stereocenters. The van der Waals surface area contributed by atoms with Gasteiger partial charge in [0.1, 0.15) is 0 Å². The van der Waals surface area contributed by atoms with Crippen LogP contribution in [0.15, 0.2) is 29.1 Å². The standard InChI is InChI=1S/C16H20N2O2/c1-17-13-9-5-6-10-14(13)18(16(17)20)11-15(19)12-7-3-2-4-8-12/h5-6,9-10,12H,2-4,7-8,11H2,1H3. The Bertz CT molecular complexity index is 690. The highest BCUT2D eigenvalue weighted by Crippen LogP contribution is 2.25. The number of aromatic nitrogens is 2. The van der Waals surface area contributed by atoms with E-state index in [1.54, 1.807) is 16.2 Å². The van der Waals surface area contributed by atoms with E-state index in [1.165, 1.54) is 6.42 Å². The quantitative estimate of drug-likeness (QED) is 0.861. The van der Waals surface area contributed by atoms with Gasteiger partial charge in [0.15, 0.2) is 5.78 Å². The van der Waals surface area contributed by atoms with Gasteiger partial charge in [0, 0.05) is 13.0 Å². The van der Waals surface area contributed by atoms with Gasteiger partial charge in [0.05, 0.1) is 17.6 Å². The van der Waals surface area contributed by atoms with Crippen molar-refractivity contribution >= 4 is 16.8 Å². The summed E-state index contributed by atoms with van der Waals surface area (Å²) >= 11 is 0. The van der Waals surface area contributed by atoms with Crippen molar-refractivity contribution < 1.29 is 4.79 Å². The molecular formula is C16H20N2O2. The summed E-state index contributed by atoms with van der Waals surface area (Å²) in [6, 6.07) is 7.64. The van der Waals surface area contributed by atoms with Gasteiger partial charge in [-0.3, -0.25) is 13.9 Å². The van der Waals surface area contributed by atoms with Crippen molar-refractivity contribution in [1.29, 1.82) is 0 Å². The van der Waals surface area contributed by atoms with Gasteiger partial charge in [-0.2, -0.15) is 0 Å². The fourth-order valence-electron chi connectivity index (χ4n) is 3.23. The predicted octanol–water partition coefficient (Wildman–Crippen LogP) is 2.49. The van der Waals surface area contributed by atoms with E-state index < -0.39 is 0 Å². The summed E-state index contributed by atoms with van der Waals surface area (Å²) in [5.41, 5.74) is 1.63. The summed E-state index contributed by atoms with van der Waals surface area (Å²) in [5, 5.41) is 0. The number of carbonyl (C=O) groups is 1. The van der Waals surface area contributed by atoms with Crippen molar-refractivity contribution in [1.82, 2.24) is 9.13 Å². The maximum atomic E-state index is 12.4. The molecule has 4 heteroatoms. The first-order valence-electron chi connectivity index (χ1n) is 7.35. The summed E-state index contributed by atoms with van der Waals surface area (Å²) in [7, 11) is 1.76. The van der Waals surface area contributed by atoms with Crippen LogP contribution in [0.25, 0.3) is 11.0 Å². The molecule has 1 aromatic carbocycles. The van der Waals surface area contributed by atoms with E-state index in [2.05, 4.69) is 0 Å². The van der Waals surface area contributed by atoms with E-state index >= 15 is 0 Å². The van der Waals surface area contributed by atoms with Gasteiger partial charge in [-0.15, -0.1) is 0 Å². The highest BCUT2D eigenvalue weighted by Gasteiger charge is 2.22. The zero-order chi connectivity index (χ0) is 14.1. The van der Waals surface area contributed by atoms with Crippen LogP contribution in [-0.4, -0.2) is 14.9 Å². The summed E-state index contributed by atoms with van der Waals surface area (Å²) in [5.74, 6) is 0.359. The van der Waals surface area contributed by atoms with Gasteiger partial charge < -0.3 is 0 Å². The number of rotatable bonds is 3. The Morgan fingerprint density at radius 2 is 1.80 bits per heavy atom. The van der Waals surface area contributed by atoms with Crippen LogP contribution in [0, 0.1) is 5.92 Å². The third kappa shape index (κ3) is 2.19. The smallest absolute Gasteiger partial charge is 0.297 e. The predicted molar refractivity (Wildman–Crippen MR) is 78.8 cm³/mol. The zero-order valence-corrected chi connectivity index (χ0v) is 11.8. The minimum Gasteiger partial charge on any atom is -0.297 e. The molecule has 1 saturated carbocycles. The molecule has 0 radical (unpaired) electrons. The molecular weight excluding hydrogens is 252 g/mol. The third-order valence-corrected chi connectivity index (χ3v) is 4.43. The molecule has 4 nitrogen and oxygen atoms in total. The minimum absolute atomic E-state index is 0.102. The van der Waals surface area contributed by atoms with Gasteiger partial charge >= 0.3 is 5.69 Å². The fraction of sp³-hybridized carbons (Fsp3) is 0.500. The molecule has 0 spiro atoms. The van der Waals surface area contributed by atoms with Crippen LogP contribution >= 0.6 is 0 Å². The van der Waals surface area contributed by atoms with Crippen molar-refractivity contribution in [2.45, 2.75) is 38.6 Å². The van der Waals surface area contributed by atoms with Crippen LogP contribution in [0.1, 0.15) is 32.1 Å². The number of imidazole rings is 1. The van der Waals surface area contributed by atoms with Crippen molar-refractivity contribution in [2.24, 2.45) is 13.0 Å². The number of fused-ring (bicyclic) bond motifs is 1. The molecule has 0 amide bonds. The van der Waals surface area contributed by atoms with Crippen molar-refractivity contribution in [2.75, 3.05) is 0 Å². The minimum atomic E-state index is -0.102. The monoisotopic (exact) mass is 272 g/mol. The Hall–Kier alpha value is -1.84. The Morgan fingerprint density at radius 1 is 1.15 bits per heavy atom. The lowest BCUT2D eigenvalue weighted by atomic mass is 9.86. The van der Waals surface area contributed by atoms with Crippen LogP contribution in [-0.2, 0) is 18.4 Å². The summed E-state index contributed by atoms with van der Waals surface area (Å²) < 4.78 is 3.23. The van der Waals surface area contributed by atoms with E-state index in [4.69, 9.17) is 0 Å². The van der Waals surface area contributed by atoms with Crippen LogP contribution in [0.3, 0.4) is 0 Å². The Morgan fingerprint density at radius 3 is 2.50 bits per heavy atom. The second-order valence-corrected chi connectivity index (χ2v) is 5.72. The van der Waals surface area contributed by atoms with Gasteiger partial charge in [0.2, 0.25) is 0 Å². The summed E-state index contributed by atoms with van der Waals surface area (Å²) in [6.07, 6.45) is 5.48. The van der Waals surface area contributed by atoms with Crippen LogP contribution in [0.5, 0.6) is 0 Å². The molecule has 1 aromatic heterocycles. The average molecular weight is 272 g/mol. The summed E-state index contributed by atoms with van der Waals surface area (Å²) in [4.78, 5) is 24.7. The molecule has 0 saturated heterocycles. The highest BCUT2D eigenvalue weighted by molar-refractivity contribution is 5.83. The zero-order valence-electron chi connectivity index (χ0n) is 11.8. The number of benzene rings is 1. The van der Waals surface area contributed by atoms with E-state index in [1.807, 2.05) is 24.3 Å². The normalized spacial score (nSPS) is 16.6. The number of hydrogen-bond donors (Lipinski definition) is 0. The number of aryl methyl sites for hydroxylation is 1. The van der Waals surface area contributed by atoms with Gasteiger partial charge in [-0.05, 0) is 25.0 Å². The number of Topliss-reactive ketones (excluding diaryl/α,β-unsaturated/α-hetero) is 1. The van der Waals surface area contributed by atoms with Gasteiger partial charge in [-0.1, -0.05) is 31.4 Å². The van der Waals surface area contributed by atoms with Crippen molar-refractivity contribution in [3.05, 3.63) is 34.7 Å². The fourth-order valence-corrected chi connectivity index (χ4v) is 3.23. The lowest BCUT2D eigenvalue weighted by molar-refractivity contribution is -0.124. The molecule has 1 heterocycles. The number of nitrogens with zero attached hydrogens (tertiary/aromatic N) is 2. The molecule has 0 N–H and O–H groups in total. The first kappa shape index (κ1) is 13.2. The van der Waals surface area contributed by atoms with Crippen molar-refractivity contribution in [3.8, 4) is 0 Å². The number of ketones is 1. The average Bonchev–Trinajstić information content (AvgIpc) is 2.74. The summed E-state index contributed by atoms with van der Waals surface area (Å²) in [6.45, 7) is 0.213. The molecule has 1 aliphatic rings. The highest BCUT2D eigenvalue weighted by atomic mass is 16.2. The Balaban J connectivity index is 1.92. The number of hydrogen-bond acceptors (Lipinski definition) is 2. The first-order valence-corrected chi connectivity index (χ1v) is 7.35. The third-order valence-electron chi connectivity index (χ3n) is 4.43. The van der Waals surface area contributed by atoms with Crippen LogP contribution in [0.2, 0.25) is 0 Å². The topological polar surface area (TPSA) is 44.0 Å². The second-order valence-electron chi connectivity index (χ2n) is 5.72. The largest absolute Gasteiger partial charge is 0.329 e. The first-order chi connectivity index (χ1) is 9.68. The lowest BCUT2D eigenvalue weighted by Crippen LogP contribution is -2.29. The Labute approximate surface area is 118 Å². The lowest BCUT2D eigenvalue weighted by Gasteiger charge is -2.20. The molecule has 0 aliphatic heterocycles. The van der Waals surface area contributed by atoms with Crippen LogP contribution in [0.4, 0.5) is 0 Å². The molecule has 0 bridgehead atoms.